The number of hydrogen-bond donors (Lipinski definition) is 0. The lowest BCUT2D eigenvalue weighted by atomic mass is 10.0. The minimum absolute atomic E-state index is 0.153. The van der Waals surface area contributed by atoms with Crippen LogP contribution in [-0.4, -0.2) is 82.3 Å². The Morgan fingerprint density at radius 2 is 0.607 bits per heavy atom. The lowest BCUT2D eigenvalue weighted by Gasteiger charge is -2.26. The van der Waals surface area contributed by atoms with Gasteiger partial charge in [0, 0.05) is 12.8 Å². The summed E-state index contributed by atoms with van der Waals surface area (Å²) in [7, 11) is 5.95. The molecule has 0 aliphatic carbocycles. The third-order valence-electron chi connectivity index (χ3n) is 18.2. The summed E-state index contributed by atoms with van der Waals surface area (Å²) in [5.41, 5.74) is 0. The largest absolute Gasteiger partial charge is 0.545 e. The van der Waals surface area contributed by atoms with Crippen molar-refractivity contribution in [1.29, 1.82) is 0 Å². The zero-order valence-electron chi connectivity index (χ0n) is 60.3. The molecule has 0 aliphatic rings. The number of hydrogen-bond acceptors (Lipinski definition) is 8. The Kier molecular flexibility index (Phi) is 69.8. The quantitative estimate of drug-likeness (QED) is 0.0195. The number of quaternary nitrogens is 1. The Morgan fingerprint density at radius 1 is 0.337 bits per heavy atom. The number of unbranched alkanes of at least 4 members (excludes halogenated alkanes) is 56. The second-order valence-corrected chi connectivity index (χ2v) is 28.4. The molecule has 89 heavy (non-hydrogen) atoms. The number of rotatable bonds is 75. The summed E-state index contributed by atoms with van der Waals surface area (Å²) < 4.78 is 22.9. The van der Waals surface area contributed by atoms with Crippen LogP contribution in [0.2, 0.25) is 0 Å². The van der Waals surface area contributed by atoms with Crippen LogP contribution in [0.25, 0.3) is 0 Å². The number of carboxylic acid groups (broad SMARTS) is 1. The van der Waals surface area contributed by atoms with Crippen LogP contribution < -0.4 is 5.11 Å². The van der Waals surface area contributed by atoms with Gasteiger partial charge in [0.1, 0.15) is 13.2 Å². The molecule has 0 heterocycles. The van der Waals surface area contributed by atoms with Gasteiger partial charge in [-0.1, -0.05) is 378 Å². The normalized spacial score (nSPS) is 12.7. The predicted molar refractivity (Wildman–Crippen MR) is 380 cm³/mol. The lowest BCUT2D eigenvalue weighted by Crippen LogP contribution is -2.44. The average Bonchev–Trinajstić information content (AvgIpc) is 3.64. The molecule has 0 saturated heterocycles. The number of likely N-dealkylation sites (N-methyl/N-ethyl adjacent to an activating group) is 1. The van der Waals surface area contributed by atoms with E-state index in [0.717, 1.165) is 44.9 Å². The summed E-state index contributed by atoms with van der Waals surface area (Å²) >= 11 is 0. The second-order valence-electron chi connectivity index (χ2n) is 28.4. The van der Waals surface area contributed by atoms with Gasteiger partial charge in [-0.05, 0) is 44.9 Å². The molecule has 0 spiro atoms. The molecule has 9 nitrogen and oxygen atoms in total. The van der Waals surface area contributed by atoms with Gasteiger partial charge >= 0.3 is 11.9 Å². The monoisotopic (exact) mass is 1260 g/mol. The zero-order valence-corrected chi connectivity index (χ0v) is 60.3. The van der Waals surface area contributed by atoms with Crippen molar-refractivity contribution in [2.75, 3.05) is 47.5 Å². The molecule has 0 aliphatic heterocycles. The molecule has 0 bridgehead atoms. The highest BCUT2D eigenvalue weighted by Crippen LogP contribution is 2.20. The topological polar surface area (TPSA) is 111 Å². The van der Waals surface area contributed by atoms with Crippen LogP contribution in [0.15, 0.2) is 24.3 Å². The van der Waals surface area contributed by atoms with Crippen LogP contribution in [0.5, 0.6) is 0 Å². The van der Waals surface area contributed by atoms with Crippen LogP contribution in [0.3, 0.4) is 0 Å². The highest BCUT2D eigenvalue weighted by atomic mass is 16.7. The van der Waals surface area contributed by atoms with Gasteiger partial charge < -0.3 is 33.3 Å². The van der Waals surface area contributed by atoms with Gasteiger partial charge in [-0.2, -0.15) is 0 Å². The third kappa shape index (κ3) is 73.1. The number of nitrogens with zero attached hydrogens (tertiary/aromatic N) is 1. The van der Waals surface area contributed by atoms with E-state index in [9.17, 15) is 19.5 Å². The molecule has 0 aromatic rings. The minimum atomic E-state index is -1.62. The van der Waals surface area contributed by atoms with Crippen LogP contribution in [0, 0.1) is 0 Å². The van der Waals surface area contributed by atoms with Crippen LogP contribution in [0.4, 0.5) is 0 Å². The molecular formula is C80H153NO8. The lowest BCUT2D eigenvalue weighted by molar-refractivity contribution is -0.870. The Hall–Kier alpha value is -2.23. The van der Waals surface area contributed by atoms with Crippen molar-refractivity contribution in [3.8, 4) is 0 Å². The maximum atomic E-state index is 13.0. The van der Waals surface area contributed by atoms with E-state index in [1.54, 1.807) is 0 Å². The van der Waals surface area contributed by atoms with Gasteiger partial charge in [0.25, 0.3) is 0 Å². The van der Waals surface area contributed by atoms with Crippen molar-refractivity contribution < 1.29 is 42.9 Å². The van der Waals surface area contributed by atoms with E-state index >= 15 is 0 Å². The SMILES string of the molecule is CCCCCCC/C=C\C/C=C\CCCCCCCCCCCCCCCCCCCCCCCCCCCCCCCC(=O)OC(COC(=O)CCCCCCCCCCCCCCCCCCCCCCCCC)COC(OCC[N+](C)(C)C)C(=O)[O-]. The first-order valence-corrected chi connectivity index (χ1v) is 39.5. The molecule has 0 rings (SSSR count). The predicted octanol–water partition coefficient (Wildman–Crippen LogP) is 23.6. The fourth-order valence-electron chi connectivity index (χ4n) is 12.2. The fraction of sp³-hybridized carbons (Fsp3) is 0.912. The van der Waals surface area contributed by atoms with Gasteiger partial charge in [0.15, 0.2) is 12.4 Å². The third-order valence-corrected chi connectivity index (χ3v) is 18.2. The van der Waals surface area contributed by atoms with E-state index in [-0.39, 0.29) is 32.2 Å². The highest BCUT2D eigenvalue weighted by molar-refractivity contribution is 5.70. The smallest absolute Gasteiger partial charge is 0.306 e. The maximum Gasteiger partial charge on any atom is 0.306 e. The van der Waals surface area contributed by atoms with Crippen LogP contribution in [0.1, 0.15) is 412 Å². The standard InChI is InChI=1S/C80H153NO8/c1-6-8-10-12-14-16-18-20-22-24-26-28-30-31-32-33-34-35-36-37-38-39-40-41-42-43-44-45-46-47-49-51-53-55-57-59-61-63-65-67-69-71-78(83)89-76(75-88-80(79(84)85)86-73-72-81(3,4)5)74-87-77(82)70-68-66-64-62-60-58-56-54-52-50-48-29-27-25-23-21-19-17-15-13-11-9-7-2/h18,20,24,26,76,80H,6-17,19,21-23,25,27-75H2,1-5H3/b20-18-,26-24-. The van der Waals surface area contributed by atoms with E-state index in [1.165, 1.54) is 340 Å². The van der Waals surface area contributed by atoms with Crippen molar-refractivity contribution in [1.82, 2.24) is 0 Å². The van der Waals surface area contributed by atoms with Crippen molar-refractivity contribution in [2.45, 2.75) is 424 Å². The molecule has 0 aromatic heterocycles. The van der Waals surface area contributed by atoms with Gasteiger partial charge in [-0.15, -0.1) is 0 Å². The first-order valence-electron chi connectivity index (χ1n) is 39.5. The minimum Gasteiger partial charge on any atom is -0.545 e. The van der Waals surface area contributed by atoms with Gasteiger partial charge in [0.2, 0.25) is 0 Å². The Bertz CT molecular complexity index is 1510. The zero-order chi connectivity index (χ0) is 64.7. The van der Waals surface area contributed by atoms with Crippen molar-refractivity contribution in [2.24, 2.45) is 0 Å². The molecule has 2 atom stereocenters. The van der Waals surface area contributed by atoms with E-state index in [0.29, 0.717) is 17.4 Å². The Balaban J connectivity index is 3.91. The summed E-state index contributed by atoms with van der Waals surface area (Å²) in [4.78, 5) is 37.5. The molecule has 0 N–H and O–H groups in total. The van der Waals surface area contributed by atoms with Crippen LogP contribution >= 0.6 is 0 Å². The van der Waals surface area contributed by atoms with Crippen molar-refractivity contribution in [3.63, 3.8) is 0 Å². The van der Waals surface area contributed by atoms with E-state index in [1.807, 2.05) is 21.1 Å². The molecule has 0 amide bonds. The fourth-order valence-corrected chi connectivity index (χ4v) is 12.2. The molecule has 0 saturated carbocycles. The number of carbonyl (C=O) groups excluding carboxylic acids is 3. The number of ether oxygens (including phenoxy) is 4. The van der Waals surface area contributed by atoms with E-state index in [2.05, 4.69) is 38.2 Å². The molecule has 526 valence electrons. The summed E-state index contributed by atoms with van der Waals surface area (Å²) in [6.07, 6.45) is 87.4. The summed E-state index contributed by atoms with van der Waals surface area (Å²) in [5, 5.41) is 11.8. The number of aliphatic carboxylic acids is 1. The second kappa shape index (κ2) is 71.6. The van der Waals surface area contributed by atoms with Gasteiger partial charge in [-0.3, -0.25) is 9.59 Å². The van der Waals surface area contributed by atoms with Crippen molar-refractivity contribution >= 4 is 17.9 Å². The van der Waals surface area contributed by atoms with Gasteiger partial charge in [-0.25, -0.2) is 0 Å². The summed E-state index contributed by atoms with van der Waals surface area (Å²) in [6.45, 7) is 4.83. The Labute approximate surface area is 554 Å². The number of allylic oxidation sites excluding steroid dienone is 4. The van der Waals surface area contributed by atoms with E-state index < -0.39 is 24.3 Å². The van der Waals surface area contributed by atoms with E-state index in [4.69, 9.17) is 18.9 Å². The maximum absolute atomic E-state index is 13.0. The molecule has 0 fully saturated rings. The number of esters is 2. The van der Waals surface area contributed by atoms with Gasteiger partial charge in [0.05, 0.1) is 40.3 Å². The van der Waals surface area contributed by atoms with Crippen molar-refractivity contribution in [3.05, 3.63) is 24.3 Å². The summed E-state index contributed by atoms with van der Waals surface area (Å²) in [5.74, 6) is -2.24. The molecule has 9 heteroatoms. The first-order chi connectivity index (χ1) is 43.6. The molecule has 0 aromatic carbocycles. The molecular weight excluding hydrogens is 1100 g/mol. The number of carboxylic acids is 1. The molecule has 0 radical (unpaired) electrons. The first kappa shape index (κ1) is 86.8. The Morgan fingerprint density at radius 3 is 0.888 bits per heavy atom. The molecule has 2 unspecified atom stereocenters. The highest BCUT2D eigenvalue weighted by Gasteiger charge is 2.22. The summed E-state index contributed by atoms with van der Waals surface area (Å²) in [6, 6.07) is 0. The van der Waals surface area contributed by atoms with Crippen LogP contribution in [-0.2, 0) is 33.3 Å². The number of carbonyl (C=O) groups is 3. The average molecular weight is 1260 g/mol.